The Kier molecular flexibility index (Phi) is 7.99. The standard InChI is InChI=1S/C18H33N5S/c1-5-19-18(20-10-9-17-13-24-16(4)22-17)21-12-15(3)23-11-7-6-8-14(23)2/h13-15H,5-12H2,1-4H3,(H2,19,20,21). The van der Waals surface area contributed by atoms with Crippen LogP contribution >= 0.6 is 11.3 Å². The van der Waals surface area contributed by atoms with E-state index in [2.05, 4.69) is 53.6 Å². The van der Waals surface area contributed by atoms with Crippen molar-refractivity contribution in [3.8, 4) is 0 Å². The van der Waals surface area contributed by atoms with Crippen molar-refractivity contribution in [1.29, 1.82) is 0 Å². The smallest absolute Gasteiger partial charge is 0.191 e. The highest BCUT2D eigenvalue weighted by Crippen LogP contribution is 2.19. The second kappa shape index (κ2) is 9.99. The summed E-state index contributed by atoms with van der Waals surface area (Å²) in [6, 6.07) is 1.18. The van der Waals surface area contributed by atoms with Gasteiger partial charge in [-0.2, -0.15) is 0 Å². The second-order valence-corrected chi connectivity index (χ2v) is 7.75. The number of aliphatic imine (C=N–C) groups is 1. The molecule has 2 rings (SSSR count). The van der Waals surface area contributed by atoms with Crippen LogP contribution in [0.3, 0.4) is 0 Å². The molecule has 2 atom stereocenters. The minimum atomic E-state index is 0.497. The second-order valence-electron chi connectivity index (χ2n) is 6.69. The van der Waals surface area contributed by atoms with E-state index in [0.717, 1.165) is 42.7 Å². The molecule has 1 saturated heterocycles. The molecule has 0 radical (unpaired) electrons. The first-order valence-electron chi connectivity index (χ1n) is 9.29. The maximum Gasteiger partial charge on any atom is 0.191 e. The van der Waals surface area contributed by atoms with Crippen molar-refractivity contribution in [3.63, 3.8) is 0 Å². The lowest BCUT2D eigenvalue weighted by atomic mass is 10.0. The quantitative estimate of drug-likeness (QED) is 0.586. The lowest BCUT2D eigenvalue weighted by molar-refractivity contribution is 0.118. The molecule has 1 aliphatic rings. The highest BCUT2D eigenvalue weighted by Gasteiger charge is 2.22. The lowest BCUT2D eigenvalue weighted by Gasteiger charge is -2.37. The predicted octanol–water partition coefficient (Wildman–Crippen LogP) is 2.81. The molecule has 2 N–H and O–H groups in total. The molecule has 1 aromatic rings. The molecule has 24 heavy (non-hydrogen) atoms. The van der Waals surface area contributed by atoms with Gasteiger partial charge in [0, 0.05) is 37.0 Å². The van der Waals surface area contributed by atoms with Gasteiger partial charge in [-0.3, -0.25) is 9.89 Å². The van der Waals surface area contributed by atoms with Crippen LogP contribution in [-0.2, 0) is 6.42 Å². The topological polar surface area (TPSA) is 52.6 Å². The van der Waals surface area contributed by atoms with Crippen molar-refractivity contribution in [2.75, 3.05) is 26.2 Å². The minimum absolute atomic E-state index is 0.497. The van der Waals surface area contributed by atoms with Gasteiger partial charge in [-0.25, -0.2) is 4.98 Å². The van der Waals surface area contributed by atoms with Gasteiger partial charge in [-0.1, -0.05) is 6.42 Å². The van der Waals surface area contributed by atoms with E-state index in [1.807, 2.05) is 0 Å². The summed E-state index contributed by atoms with van der Waals surface area (Å²) in [6.07, 6.45) is 4.95. The Hall–Kier alpha value is -1.14. The largest absolute Gasteiger partial charge is 0.357 e. The minimum Gasteiger partial charge on any atom is -0.357 e. The summed E-state index contributed by atoms with van der Waals surface area (Å²) in [5, 5.41) is 10.1. The Labute approximate surface area is 151 Å². The maximum absolute atomic E-state index is 4.79. The summed E-state index contributed by atoms with van der Waals surface area (Å²) in [4.78, 5) is 11.9. The molecule has 136 valence electrons. The summed E-state index contributed by atoms with van der Waals surface area (Å²) in [5.74, 6) is 0.918. The molecule has 0 bridgehead atoms. The number of nitrogens with zero attached hydrogens (tertiary/aromatic N) is 3. The first kappa shape index (κ1) is 19.2. The fourth-order valence-corrected chi connectivity index (χ4v) is 3.92. The zero-order chi connectivity index (χ0) is 17.4. The van der Waals surface area contributed by atoms with Gasteiger partial charge in [0.15, 0.2) is 5.96 Å². The predicted molar refractivity (Wildman–Crippen MR) is 104 cm³/mol. The molecule has 0 amide bonds. The Balaban J connectivity index is 1.80. The fraction of sp³-hybridized carbons (Fsp3) is 0.778. The Morgan fingerprint density at radius 2 is 2.29 bits per heavy atom. The number of rotatable bonds is 7. The SMILES string of the molecule is CCNC(=NCC(C)N1CCCCC1C)NCCc1csc(C)n1. The molecular weight excluding hydrogens is 318 g/mol. The molecule has 1 aliphatic heterocycles. The van der Waals surface area contributed by atoms with Crippen LogP contribution < -0.4 is 10.6 Å². The Bertz CT molecular complexity index is 513. The van der Waals surface area contributed by atoms with E-state index in [9.17, 15) is 0 Å². The highest BCUT2D eigenvalue weighted by atomic mass is 32.1. The normalized spacial score (nSPS) is 20.8. The number of hydrogen-bond acceptors (Lipinski definition) is 4. The van der Waals surface area contributed by atoms with Crippen molar-refractivity contribution in [3.05, 3.63) is 16.1 Å². The lowest BCUT2D eigenvalue weighted by Crippen LogP contribution is -2.45. The van der Waals surface area contributed by atoms with Crippen molar-refractivity contribution in [2.45, 2.75) is 65.5 Å². The van der Waals surface area contributed by atoms with Crippen molar-refractivity contribution in [1.82, 2.24) is 20.5 Å². The van der Waals surface area contributed by atoms with Crippen LogP contribution in [0.25, 0.3) is 0 Å². The molecular formula is C18H33N5S. The number of thiazole rings is 1. The third-order valence-corrected chi connectivity index (χ3v) is 5.44. The molecule has 5 nitrogen and oxygen atoms in total. The summed E-state index contributed by atoms with van der Waals surface area (Å²) >= 11 is 1.71. The van der Waals surface area contributed by atoms with Gasteiger partial charge in [-0.05, 0) is 47.1 Å². The molecule has 0 aromatic carbocycles. The summed E-state index contributed by atoms with van der Waals surface area (Å²) in [6.45, 7) is 12.6. The van der Waals surface area contributed by atoms with Crippen LogP contribution in [-0.4, -0.2) is 54.1 Å². The molecule has 0 saturated carbocycles. The third kappa shape index (κ3) is 6.06. The van der Waals surface area contributed by atoms with Crippen molar-refractivity contribution >= 4 is 17.3 Å². The van der Waals surface area contributed by atoms with Gasteiger partial charge in [0.2, 0.25) is 0 Å². The summed E-state index contributed by atoms with van der Waals surface area (Å²) in [7, 11) is 0. The fourth-order valence-electron chi connectivity index (χ4n) is 3.28. The zero-order valence-corrected chi connectivity index (χ0v) is 16.5. The first-order valence-corrected chi connectivity index (χ1v) is 10.2. The van der Waals surface area contributed by atoms with Gasteiger partial charge in [0.05, 0.1) is 17.2 Å². The maximum atomic E-state index is 4.79. The van der Waals surface area contributed by atoms with E-state index >= 15 is 0 Å². The number of piperidine rings is 1. The van der Waals surface area contributed by atoms with E-state index in [1.54, 1.807) is 11.3 Å². The number of aromatic nitrogens is 1. The monoisotopic (exact) mass is 351 g/mol. The van der Waals surface area contributed by atoms with Gasteiger partial charge in [0.25, 0.3) is 0 Å². The van der Waals surface area contributed by atoms with E-state index in [-0.39, 0.29) is 0 Å². The first-order chi connectivity index (χ1) is 11.6. The number of hydrogen-bond donors (Lipinski definition) is 2. The van der Waals surface area contributed by atoms with E-state index in [0.29, 0.717) is 12.1 Å². The van der Waals surface area contributed by atoms with E-state index in [1.165, 1.54) is 25.8 Å². The van der Waals surface area contributed by atoms with Gasteiger partial charge in [-0.15, -0.1) is 11.3 Å². The summed E-state index contributed by atoms with van der Waals surface area (Å²) < 4.78 is 0. The van der Waals surface area contributed by atoms with Crippen molar-refractivity contribution in [2.24, 2.45) is 4.99 Å². The van der Waals surface area contributed by atoms with E-state index in [4.69, 9.17) is 4.99 Å². The van der Waals surface area contributed by atoms with Crippen LogP contribution in [0.1, 0.15) is 50.7 Å². The number of nitrogens with one attached hydrogen (secondary N) is 2. The van der Waals surface area contributed by atoms with Gasteiger partial charge >= 0.3 is 0 Å². The highest BCUT2D eigenvalue weighted by molar-refractivity contribution is 7.09. The van der Waals surface area contributed by atoms with Crippen LogP contribution in [0.15, 0.2) is 10.4 Å². The number of likely N-dealkylation sites (tertiary alicyclic amines) is 1. The zero-order valence-electron chi connectivity index (χ0n) is 15.6. The molecule has 6 heteroatoms. The Morgan fingerprint density at radius 1 is 1.46 bits per heavy atom. The van der Waals surface area contributed by atoms with E-state index < -0.39 is 0 Å². The average molecular weight is 352 g/mol. The molecule has 2 unspecified atom stereocenters. The molecule has 0 spiro atoms. The van der Waals surface area contributed by atoms with Crippen LogP contribution in [0.2, 0.25) is 0 Å². The summed E-state index contributed by atoms with van der Waals surface area (Å²) in [5.41, 5.74) is 1.16. The molecule has 2 heterocycles. The molecule has 1 fully saturated rings. The number of aryl methyl sites for hydroxylation is 1. The Morgan fingerprint density at radius 3 is 2.96 bits per heavy atom. The molecule has 1 aromatic heterocycles. The number of guanidine groups is 1. The van der Waals surface area contributed by atoms with Crippen LogP contribution in [0.4, 0.5) is 0 Å². The van der Waals surface area contributed by atoms with Crippen LogP contribution in [0.5, 0.6) is 0 Å². The molecule has 0 aliphatic carbocycles. The van der Waals surface area contributed by atoms with Gasteiger partial charge in [0.1, 0.15) is 0 Å². The van der Waals surface area contributed by atoms with Crippen molar-refractivity contribution < 1.29 is 0 Å². The van der Waals surface area contributed by atoms with Gasteiger partial charge < -0.3 is 10.6 Å². The van der Waals surface area contributed by atoms with Crippen LogP contribution in [0, 0.1) is 6.92 Å². The average Bonchev–Trinajstić information content (AvgIpc) is 2.98. The third-order valence-electron chi connectivity index (χ3n) is 4.62.